The Hall–Kier alpha value is -2.53. The number of ether oxygens (including phenoxy) is 2. The van der Waals surface area contributed by atoms with Gasteiger partial charge in [0.25, 0.3) is 0 Å². The SMILES string of the molecule is COc1ccc(CCNCCC(=O)Nc2ccc(C(C)C)cc2)cc1OC. The van der Waals surface area contributed by atoms with Crippen LogP contribution in [0.5, 0.6) is 11.5 Å². The number of carbonyl (C=O) groups excluding carboxylic acids is 1. The van der Waals surface area contributed by atoms with Crippen LogP contribution in [0.1, 0.15) is 37.3 Å². The lowest BCUT2D eigenvalue weighted by Gasteiger charge is -2.10. The summed E-state index contributed by atoms with van der Waals surface area (Å²) in [6.45, 7) is 5.75. The molecule has 0 saturated heterocycles. The van der Waals surface area contributed by atoms with Gasteiger partial charge in [-0.3, -0.25) is 4.79 Å². The Bertz CT molecular complexity index is 727. The Morgan fingerprint density at radius 1 is 0.963 bits per heavy atom. The van der Waals surface area contributed by atoms with Crippen LogP contribution >= 0.6 is 0 Å². The van der Waals surface area contributed by atoms with Gasteiger partial charge in [-0.25, -0.2) is 0 Å². The predicted molar refractivity (Wildman–Crippen MR) is 110 cm³/mol. The Morgan fingerprint density at radius 3 is 2.30 bits per heavy atom. The van der Waals surface area contributed by atoms with Gasteiger partial charge in [0.15, 0.2) is 11.5 Å². The van der Waals surface area contributed by atoms with E-state index in [1.54, 1.807) is 14.2 Å². The molecule has 146 valence electrons. The van der Waals surface area contributed by atoms with Crippen LogP contribution in [0.15, 0.2) is 42.5 Å². The van der Waals surface area contributed by atoms with E-state index < -0.39 is 0 Å². The fourth-order valence-electron chi connectivity index (χ4n) is 2.77. The summed E-state index contributed by atoms with van der Waals surface area (Å²) in [4.78, 5) is 12.0. The standard InChI is InChI=1S/C22H30N2O3/c1-16(2)18-6-8-19(9-7-18)24-22(25)12-14-23-13-11-17-5-10-20(26-3)21(15-17)27-4/h5-10,15-16,23H,11-14H2,1-4H3,(H,24,25). The fourth-order valence-corrected chi connectivity index (χ4v) is 2.77. The van der Waals surface area contributed by atoms with Crippen molar-refractivity contribution in [3.05, 3.63) is 53.6 Å². The first-order valence-corrected chi connectivity index (χ1v) is 9.35. The molecule has 2 aromatic carbocycles. The zero-order chi connectivity index (χ0) is 19.6. The molecule has 5 nitrogen and oxygen atoms in total. The van der Waals surface area contributed by atoms with Crippen molar-refractivity contribution < 1.29 is 14.3 Å². The molecule has 2 N–H and O–H groups in total. The molecule has 0 aliphatic heterocycles. The number of rotatable bonds is 10. The topological polar surface area (TPSA) is 59.6 Å². The molecule has 0 spiro atoms. The van der Waals surface area contributed by atoms with Gasteiger partial charge >= 0.3 is 0 Å². The maximum absolute atomic E-state index is 12.0. The quantitative estimate of drug-likeness (QED) is 0.621. The minimum absolute atomic E-state index is 0.0194. The summed E-state index contributed by atoms with van der Waals surface area (Å²) in [5.41, 5.74) is 3.27. The molecule has 0 atom stereocenters. The van der Waals surface area contributed by atoms with Gasteiger partial charge < -0.3 is 20.1 Å². The summed E-state index contributed by atoms with van der Waals surface area (Å²) < 4.78 is 10.6. The van der Waals surface area contributed by atoms with Crippen LogP contribution in [0.2, 0.25) is 0 Å². The highest BCUT2D eigenvalue weighted by Crippen LogP contribution is 2.27. The molecule has 27 heavy (non-hydrogen) atoms. The molecule has 0 aliphatic rings. The average molecular weight is 370 g/mol. The van der Waals surface area contributed by atoms with Gasteiger partial charge in [0.2, 0.25) is 5.91 Å². The molecule has 0 saturated carbocycles. The summed E-state index contributed by atoms with van der Waals surface area (Å²) in [5, 5.41) is 6.24. The maximum Gasteiger partial charge on any atom is 0.225 e. The number of carbonyl (C=O) groups is 1. The van der Waals surface area contributed by atoms with Crippen LogP contribution in [0.3, 0.4) is 0 Å². The Morgan fingerprint density at radius 2 is 1.67 bits per heavy atom. The van der Waals surface area contributed by atoms with E-state index in [1.165, 1.54) is 5.56 Å². The van der Waals surface area contributed by atoms with Crippen LogP contribution in [0.25, 0.3) is 0 Å². The molecule has 0 heterocycles. The van der Waals surface area contributed by atoms with Crippen molar-refractivity contribution in [2.24, 2.45) is 0 Å². The van der Waals surface area contributed by atoms with E-state index >= 15 is 0 Å². The van der Waals surface area contributed by atoms with Gasteiger partial charge in [-0.15, -0.1) is 0 Å². The maximum atomic E-state index is 12.0. The summed E-state index contributed by atoms with van der Waals surface area (Å²) in [5.74, 6) is 1.97. The zero-order valence-corrected chi connectivity index (χ0v) is 16.7. The van der Waals surface area contributed by atoms with E-state index in [4.69, 9.17) is 9.47 Å². The summed E-state index contributed by atoms with van der Waals surface area (Å²) >= 11 is 0. The van der Waals surface area contributed by atoms with Crippen molar-refractivity contribution in [1.82, 2.24) is 5.32 Å². The third-order valence-electron chi connectivity index (χ3n) is 4.43. The van der Waals surface area contributed by atoms with Crippen molar-refractivity contribution in [3.8, 4) is 11.5 Å². The van der Waals surface area contributed by atoms with Crippen molar-refractivity contribution in [3.63, 3.8) is 0 Å². The summed E-state index contributed by atoms with van der Waals surface area (Å²) in [6, 6.07) is 13.9. The molecule has 2 aromatic rings. The molecule has 2 rings (SSSR count). The van der Waals surface area contributed by atoms with Crippen LogP contribution in [0.4, 0.5) is 5.69 Å². The third-order valence-corrected chi connectivity index (χ3v) is 4.43. The number of hydrogen-bond donors (Lipinski definition) is 2. The average Bonchev–Trinajstić information content (AvgIpc) is 2.67. The second-order valence-electron chi connectivity index (χ2n) is 6.76. The molecule has 0 unspecified atom stereocenters. The fraction of sp³-hybridized carbons (Fsp3) is 0.409. The van der Waals surface area contributed by atoms with Crippen LogP contribution in [0, 0.1) is 0 Å². The van der Waals surface area contributed by atoms with Crippen molar-refractivity contribution in [2.45, 2.75) is 32.6 Å². The van der Waals surface area contributed by atoms with E-state index in [9.17, 15) is 4.79 Å². The smallest absolute Gasteiger partial charge is 0.225 e. The second-order valence-corrected chi connectivity index (χ2v) is 6.76. The molecule has 0 radical (unpaired) electrons. The van der Waals surface area contributed by atoms with Gasteiger partial charge in [-0.05, 0) is 54.3 Å². The Balaban J connectivity index is 1.68. The first-order valence-electron chi connectivity index (χ1n) is 9.35. The third kappa shape index (κ3) is 6.61. The number of methoxy groups -OCH3 is 2. The van der Waals surface area contributed by atoms with Crippen molar-refractivity contribution in [1.29, 1.82) is 0 Å². The lowest BCUT2D eigenvalue weighted by atomic mass is 10.0. The van der Waals surface area contributed by atoms with E-state index in [-0.39, 0.29) is 5.91 Å². The molecule has 0 aliphatic carbocycles. The number of hydrogen-bond acceptors (Lipinski definition) is 4. The van der Waals surface area contributed by atoms with Gasteiger partial charge in [-0.1, -0.05) is 32.0 Å². The minimum Gasteiger partial charge on any atom is -0.493 e. The molecule has 0 bridgehead atoms. The molecule has 1 amide bonds. The van der Waals surface area contributed by atoms with Crippen LogP contribution < -0.4 is 20.1 Å². The number of benzene rings is 2. The highest BCUT2D eigenvalue weighted by atomic mass is 16.5. The number of nitrogens with one attached hydrogen (secondary N) is 2. The lowest BCUT2D eigenvalue weighted by Crippen LogP contribution is -2.23. The van der Waals surface area contributed by atoms with E-state index in [1.807, 2.05) is 30.3 Å². The van der Waals surface area contributed by atoms with Gasteiger partial charge in [0, 0.05) is 18.7 Å². The van der Waals surface area contributed by atoms with Crippen molar-refractivity contribution in [2.75, 3.05) is 32.6 Å². The monoisotopic (exact) mass is 370 g/mol. The molecular weight excluding hydrogens is 340 g/mol. The van der Waals surface area contributed by atoms with Crippen LogP contribution in [-0.2, 0) is 11.2 Å². The van der Waals surface area contributed by atoms with E-state index in [0.717, 1.165) is 35.7 Å². The molecule has 0 fully saturated rings. The molecule has 0 aromatic heterocycles. The Labute approximate surface area is 162 Å². The van der Waals surface area contributed by atoms with Gasteiger partial charge in [0.1, 0.15) is 0 Å². The minimum atomic E-state index is 0.0194. The Kier molecular flexibility index (Phi) is 8.14. The van der Waals surface area contributed by atoms with E-state index in [2.05, 4.69) is 36.6 Å². The predicted octanol–water partition coefficient (Wildman–Crippen LogP) is 3.99. The zero-order valence-electron chi connectivity index (χ0n) is 16.7. The molecular formula is C22H30N2O3. The summed E-state index contributed by atoms with van der Waals surface area (Å²) in [7, 11) is 3.26. The summed E-state index contributed by atoms with van der Waals surface area (Å²) in [6.07, 6.45) is 1.30. The first-order chi connectivity index (χ1) is 13.0. The first kappa shape index (κ1) is 20.8. The van der Waals surface area contributed by atoms with Crippen molar-refractivity contribution >= 4 is 11.6 Å². The highest BCUT2D eigenvalue weighted by molar-refractivity contribution is 5.90. The number of amides is 1. The van der Waals surface area contributed by atoms with E-state index in [0.29, 0.717) is 18.9 Å². The highest BCUT2D eigenvalue weighted by Gasteiger charge is 2.06. The van der Waals surface area contributed by atoms with Gasteiger partial charge in [0.05, 0.1) is 14.2 Å². The lowest BCUT2D eigenvalue weighted by molar-refractivity contribution is -0.116. The largest absolute Gasteiger partial charge is 0.493 e. The number of anilines is 1. The molecule has 5 heteroatoms. The second kappa shape index (κ2) is 10.6. The normalized spacial score (nSPS) is 10.7. The van der Waals surface area contributed by atoms with Crippen LogP contribution in [-0.4, -0.2) is 33.2 Å². The van der Waals surface area contributed by atoms with Gasteiger partial charge in [-0.2, -0.15) is 0 Å².